The van der Waals surface area contributed by atoms with Crippen LogP contribution in [0.2, 0.25) is 5.02 Å². The fourth-order valence-electron chi connectivity index (χ4n) is 2.93. The molecule has 10 heteroatoms. The Bertz CT molecular complexity index is 1250. The van der Waals surface area contributed by atoms with Gasteiger partial charge in [0.05, 0.1) is 34.0 Å². The SMILES string of the molecule is COc1ccc(-c2cn3cccnc3n2)cc1NC(=O)c1ccc([N+](=O)[O-])cc1Cl. The topological polar surface area (TPSA) is 112 Å². The monoisotopic (exact) mass is 423 g/mol. The minimum atomic E-state index is -0.580. The zero-order valence-corrected chi connectivity index (χ0v) is 16.3. The molecule has 0 aliphatic rings. The first-order valence-electron chi connectivity index (χ1n) is 8.69. The Balaban J connectivity index is 1.67. The fourth-order valence-corrected chi connectivity index (χ4v) is 3.19. The summed E-state index contributed by atoms with van der Waals surface area (Å²) in [6, 6.07) is 10.7. The van der Waals surface area contributed by atoms with Crippen molar-refractivity contribution in [3.63, 3.8) is 0 Å². The minimum absolute atomic E-state index is 0.0248. The van der Waals surface area contributed by atoms with Gasteiger partial charge in [-0.2, -0.15) is 0 Å². The van der Waals surface area contributed by atoms with Gasteiger partial charge in [-0.05, 0) is 30.3 Å². The quantitative estimate of drug-likeness (QED) is 0.380. The summed E-state index contributed by atoms with van der Waals surface area (Å²) in [5.41, 5.74) is 1.72. The molecule has 30 heavy (non-hydrogen) atoms. The third-order valence-electron chi connectivity index (χ3n) is 4.39. The predicted molar refractivity (Wildman–Crippen MR) is 111 cm³/mol. The highest BCUT2D eigenvalue weighted by Gasteiger charge is 2.17. The molecule has 1 amide bonds. The van der Waals surface area contributed by atoms with Crippen LogP contribution in [0, 0.1) is 10.1 Å². The zero-order valence-electron chi connectivity index (χ0n) is 15.6. The van der Waals surface area contributed by atoms with E-state index in [1.54, 1.807) is 28.8 Å². The number of rotatable bonds is 5. The van der Waals surface area contributed by atoms with Crippen molar-refractivity contribution in [3.8, 4) is 17.0 Å². The van der Waals surface area contributed by atoms with Gasteiger partial charge in [0.1, 0.15) is 5.75 Å². The van der Waals surface area contributed by atoms with Crippen LogP contribution in [0.3, 0.4) is 0 Å². The number of nitrogens with one attached hydrogen (secondary N) is 1. The van der Waals surface area contributed by atoms with E-state index in [0.29, 0.717) is 22.9 Å². The number of anilines is 1. The first kappa shape index (κ1) is 19.3. The maximum atomic E-state index is 12.7. The van der Waals surface area contributed by atoms with Crippen molar-refractivity contribution in [2.45, 2.75) is 0 Å². The summed E-state index contributed by atoms with van der Waals surface area (Å²) >= 11 is 6.06. The third-order valence-corrected chi connectivity index (χ3v) is 4.70. The van der Waals surface area contributed by atoms with Gasteiger partial charge in [-0.1, -0.05) is 11.6 Å². The van der Waals surface area contributed by atoms with E-state index < -0.39 is 10.8 Å². The number of hydrogen-bond acceptors (Lipinski definition) is 6. The van der Waals surface area contributed by atoms with Crippen molar-refractivity contribution in [2.24, 2.45) is 0 Å². The van der Waals surface area contributed by atoms with E-state index in [0.717, 1.165) is 11.6 Å². The van der Waals surface area contributed by atoms with Crippen molar-refractivity contribution in [2.75, 3.05) is 12.4 Å². The van der Waals surface area contributed by atoms with E-state index in [4.69, 9.17) is 16.3 Å². The van der Waals surface area contributed by atoms with Crippen LogP contribution in [0.4, 0.5) is 11.4 Å². The lowest BCUT2D eigenvalue weighted by atomic mass is 10.1. The molecule has 0 bridgehead atoms. The van der Waals surface area contributed by atoms with Gasteiger partial charge in [0.25, 0.3) is 11.6 Å². The highest BCUT2D eigenvalue weighted by molar-refractivity contribution is 6.34. The summed E-state index contributed by atoms with van der Waals surface area (Å²) in [5.74, 6) is 0.459. The van der Waals surface area contributed by atoms with E-state index >= 15 is 0 Å². The van der Waals surface area contributed by atoms with E-state index in [1.807, 2.05) is 18.5 Å². The normalized spacial score (nSPS) is 10.7. The lowest BCUT2D eigenvalue weighted by Gasteiger charge is -2.12. The molecule has 2 aromatic heterocycles. The van der Waals surface area contributed by atoms with Crippen LogP contribution in [-0.4, -0.2) is 32.3 Å². The number of benzene rings is 2. The highest BCUT2D eigenvalue weighted by Crippen LogP contribution is 2.31. The number of amides is 1. The van der Waals surface area contributed by atoms with Gasteiger partial charge in [-0.25, -0.2) is 9.97 Å². The highest BCUT2D eigenvalue weighted by atomic mass is 35.5. The summed E-state index contributed by atoms with van der Waals surface area (Å²) in [7, 11) is 1.48. The molecule has 2 heterocycles. The number of ether oxygens (including phenoxy) is 1. The summed E-state index contributed by atoms with van der Waals surface area (Å²) in [5, 5.41) is 13.6. The number of halogens is 1. The van der Waals surface area contributed by atoms with Crippen LogP contribution in [0.25, 0.3) is 17.0 Å². The first-order valence-corrected chi connectivity index (χ1v) is 9.07. The van der Waals surface area contributed by atoms with E-state index in [9.17, 15) is 14.9 Å². The number of methoxy groups -OCH3 is 1. The number of non-ortho nitro benzene ring substituents is 1. The molecule has 9 nitrogen and oxygen atoms in total. The largest absolute Gasteiger partial charge is 0.495 e. The number of carbonyl (C=O) groups excluding carboxylic acids is 1. The molecule has 0 spiro atoms. The summed E-state index contributed by atoms with van der Waals surface area (Å²) in [6.07, 6.45) is 5.31. The lowest BCUT2D eigenvalue weighted by Crippen LogP contribution is -2.13. The average molecular weight is 424 g/mol. The second-order valence-corrected chi connectivity index (χ2v) is 6.65. The van der Waals surface area contributed by atoms with Crippen LogP contribution in [0.15, 0.2) is 61.1 Å². The standard InChI is InChI=1S/C20H14ClN5O4/c1-30-18-6-3-12(17-11-25-8-2-7-22-20(25)24-17)9-16(18)23-19(27)14-5-4-13(26(28)29)10-15(14)21/h2-11H,1H3,(H,23,27). The van der Waals surface area contributed by atoms with Gasteiger partial charge in [0, 0.05) is 36.3 Å². The van der Waals surface area contributed by atoms with Crippen molar-refractivity contribution in [1.82, 2.24) is 14.4 Å². The third kappa shape index (κ3) is 3.65. The van der Waals surface area contributed by atoms with Crippen LogP contribution >= 0.6 is 11.6 Å². The van der Waals surface area contributed by atoms with E-state index in [2.05, 4.69) is 15.3 Å². The van der Waals surface area contributed by atoms with Gasteiger partial charge >= 0.3 is 0 Å². The molecule has 0 saturated carbocycles. The molecule has 0 unspecified atom stereocenters. The summed E-state index contributed by atoms with van der Waals surface area (Å²) in [6.45, 7) is 0. The second-order valence-electron chi connectivity index (χ2n) is 6.24. The van der Waals surface area contributed by atoms with Crippen LogP contribution in [-0.2, 0) is 0 Å². The van der Waals surface area contributed by atoms with Gasteiger partial charge < -0.3 is 10.1 Å². The van der Waals surface area contributed by atoms with Crippen molar-refractivity contribution >= 4 is 34.7 Å². The Hall–Kier alpha value is -3.98. The maximum absolute atomic E-state index is 12.7. The molecule has 0 aliphatic carbocycles. The number of nitrogens with zero attached hydrogens (tertiary/aromatic N) is 4. The molecule has 0 atom stereocenters. The number of fused-ring (bicyclic) bond motifs is 1. The first-order chi connectivity index (χ1) is 14.5. The Morgan fingerprint density at radius 2 is 2.10 bits per heavy atom. The summed E-state index contributed by atoms with van der Waals surface area (Å²) < 4.78 is 7.12. The number of imidazole rings is 1. The maximum Gasteiger partial charge on any atom is 0.270 e. The molecule has 2 aromatic carbocycles. The zero-order chi connectivity index (χ0) is 21.3. The lowest BCUT2D eigenvalue weighted by molar-refractivity contribution is -0.384. The molecule has 4 rings (SSSR count). The number of nitro benzene ring substituents is 1. The van der Waals surface area contributed by atoms with Gasteiger partial charge in [0.15, 0.2) is 0 Å². The number of carbonyl (C=O) groups is 1. The molecule has 0 aliphatic heterocycles. The smallest absolute Gasteiger partial charge is 0.270 e. The number of nitro groups is 1. The Kier molecular flexibility index (Phi) is 5.03. The van der Waals surface area contributed by atoms with Crippen molar-refractivity contribution in [3.05, 3.63) is 81.8 Å². The predicted octanol–water partition coefficient (Wildman–Crippen LogP) is 4.22. The molecular formula is C20H14ClN5O4. The van der Waals surface area contributed by atoms with Gasteiger partial charge in [-0.15, -0.1) is 0 Å². The van der Waals surface area contributed by atoms with Crippen molar-refractivity contribution in [1.29, 1.82) is 0 Å². The Morgan fingerprint density at radius 3 is 2.80 bits per heavy atom. The molecule has 0 radical (unpaired) electrons. The second kappa shape index (κ2) is 7.80. The molecule has 1 N–H and O–H groups in total. The molecule has 0 saturated heterocycles. The Morgan fingerprint density at radius 1 is 1.27 bits per heavy atom. The minimum Gasteiger partial charge on any atom is -0.495 e. The van der Waals surface area contributed by atoms with Crippen molar-refractivity contribution < 1.29 is 14.5 Å². The number of aromatic nitrogens is 3. The number of hydrogen-bond donors (Lipinski definition) is 1. The van der Waals surface area contributed by atoms with Crippen LogP contribution < -0.4 is 10.1 Å². The van der Waals surface area contributed by atoms with Gasteiger partial charge in [-0.3, -0.25) is 19.3 Å². The fraction of sp³-hybridized carbons (Fsp3) is 0.0500. The van der Waals surface area contributed by atoms with E-state index in [-0.39, 0.29) is 16.3 Å². The summed E-state index contributed by atoms with van der Waals surface area (Å²) in [4.78, 5) is 31.7. The van der Waals surface area contributed by atoms with Gasteiger partial charge in [0.2, 0.25) is 5.78 Å². The molecular weight excluding hydrogens is 410 g/mol. The van der Waals surface area contributed by atoms with E-state index in [1.165, 1.54) is 19.2 Å². The van der Waals surface area contributed by atoms with Crippen LogP contribution in [0.1, 0.15) is 10.4 Å². The van der Waals surface area contributed by atoms with Crippen LogP contribution in [0.5, 0.6) is 5.75 Å². The Labute approximate surface area is 175 Å². The molecule has 150 valence electrons. The molecule has 0 fully saturated rings. The molecule has 4 aromatic rings. The average Bonchev–Trinajstić information content (AvgIpc) is 3.17.